The molecule has 0 saturated heterocycles. The maximum atomic E-state index is 9.34. The third-order valence-electron chi connectivity index (χ3n) is 0.129. The van der Waals surface area contributed by atoms with E-state index >= 15 is 0 Å². The van der Waals surface area contributed by atoms with E-state index in [0.29, 0.717) is 0 Å². The Labute approximate surface area is 45.6 Å². The van der Waals surface area contributed by atoms with Crippen molar-refractivity contribution >= 4 is 23.0 Å². The maximum absolute atomic E-state index is 9.34. The van der Waals surface area contributed by atoms with E-state index < -0.39 is 5.97 Å². The molecule has 3 nitrogen and oxygen atoms in total. The molecule has 1 N–H and O–H groups in total. The summed E-state index contributed by atoms with van der Waals surface area (Å²) >= 11 is 0. The van der Waals surface area contributed by atoms with Crippen LogP contribution in [-0.4, -0.2) is 11.2 Å². The fourth-order valence-electron chi connectivity index (χ4n) is 0. The molecule has 0 bridgehead atoms. The topological polar surface area (TPSA) is 46.5 Å². The van der Waals surface area contributed by atoms with Crippen molar-refractivity contribution in [3.63, 3.8) is 0 Å². The number of carbonyl (C=O) groups excluding carboxylic acids is 1. The minimum Gasteiger partial charge on any atom is -0.301 e. The molecule has 0 fully saturated rings. The number of rotatable bonds is 0. The standard InChI is InChI=1S/C2H4O3.BrH/c1-2(3)5-4;/h4H,1H3;1H. The van der Waals surface area contributed by atoms with Crippen LogP contribution < -0.4 is 0 Å². The van der Waals surface area contributed by atoms with Gasteiger partial charge in [-0.15, -0.1) is 17.0 Å². The second kappa shape index (κ2) is 4.91. The van der Waals surface area contributed by atoms with Crippen LogP contribution in [-0.2, 0) is 9.68 Å². The molecule has 4 heteroatoms. The molecule has 0 aromatic heterocycles. The van der Waals surface area contributed by atoms with Crippen molar-refractivity contribution < 1.29 is 14.9 Å². The predicted molar refractivity (Wildman–Crippen MR) is 24.7 cm³/mol. The number of hydrogen-bond donors (Lipinski definition) is 1. The van der Waals surface area contributed by atoms with Crippen LogP contribution in [0.2, 0.25) is 0 Å². The minimum atomic E-state index is -0.690. The highest BCUT2D eigenvalue weighted by atomic mass is 79.9. The van der Waals surface area contributed by atoms with Crippen LogP contribution in [0.15, 0.2) is 0 Å². The van der Waals surface area contributed by atoms with Gasteiger partial charge in [-0.25, -0.2) is 4.79 Å². The van der Waals surface area contributed by atoms with Gasteiger partial charge in [0.2, 0.25) is 0 Å². The smallest absolute Gasteiger partial charge is 0.301 e. The zero-order valence-electron chi connectivity index (χ0n) is 3.17. The summed E-state index contributed by atoms with van der Waals surface area (Å²) in [6, 6.07) is 0. The third-order valence-corrected chi connectivity index (χ3v) is 0.129. The molecule has 0 atom stereocenters. The lowest BCUT2D eigenvalue weighted by Gasteiger charge is -1.76. The van der Waals surface area contributed by atoms with Crippen molar-refractivity contribution in [2.45, 2.75) is 6.92 Å². The van der Waals surface area contributed by atoms with Gasteiger partial charge >= 0.3 is 5.97 Å². The van der Waals surface area contributed by atoms with Gasteiger partial charge in [0.1, 0.15) is 0 Å². The lowest BCUT2D eigenvalue weighted by molar-refractivity contribution is -0.231. The van der Waals surface area contributed by atoms with Crippen LogP contribution in [0.4, 0.5) is 0 Å². The summed E-state index contributed by atoms with van der Waals surface area (Å²) in [6.07, 6.45) is 0. The van der Waals surface area contributed by atoms with Crippen LogP contribution in [0.5, 0.6) is 0 Å². The van der Waals surface area contributed by atoms with Crippen LogP contribution in [0.1, 0.15) is 6.92 Å². The molecule has 0 saturated carbocycles. The molecule has 0 unspecified atom stereocenters. The molecule has 0 aromatic rings. The van der Waals surface area contributed by atoms with Gasteiger partial charge in [-0.1, -0.05) is 0 Å². The van der Waals surface area contributed by atoms with E-state index in [1.54, 1.807) is 0 Å². The Balaban J connectivity index is 0. The first-order valence-electron chi connectivity index (χ1n) is 1.09. The molecule has 0 aromatic carbocycles. The average molecular weight is 157 g/mol. The molecule has 0 spiro atoms. The van der Waals surface area contributed by atoms with Gasteiger partial charge in [-0.3, -0.25) is 0 Å². The fourth-order valence-corrected chi connectivity index (χ4v) is 0. The van der Waals surface area contributed by atoms with Gasteiger partial charge in [0.05, 0.1) is 0 Å². The predicted octanol–water partition coefficient (Wildman–Crippen LogP) is 0.600. The minimum absolute atomic E-state index is 0. The Hall–Kier alpha value is -0.0900. The van der Waals surface area contributed by atoms with E-state index in [1.165, 1.54) is 0 Å². The first kappa shape index (κ1) is 9.32. The monoisotopic (exact) mass is 156 g/mol. The Kier molecular flexibility index (Phi) is 7.63. The lowest BCUT2D eigenvalue weighted by Crippen LogP contribution is -1.89. The summed E-state index contributed by atoms with van der Waals surface area (Å²) in [5.41, 5.74) is 0. The number of hydrogen-bond acceptors (Lipinski definition) is 3. The molecule has 38 valence electrons. The zero-order chi connectivity index (χ0) is 4.28. The quantitative estimate of drug-likeness (QED) is 0.413. The molecule has 0 heterocycles. The van der Waals surface area contributed by atoms with Crippen LogP contribution >= 0.6 is 17.0 Å². The van der Waals surface area contributed by atoms with Gasteiger partial charge in [0.15, 0.2) is 0 Å². The molecule has 0 aliphatic heterocycles. The Morgan fingerprint density at radius 3 is 2.00 bits per heavy atom. The summed E-state index contributed by atoms with van der Waals surface area (Å²) in [4.78, 5) is 12.5. The molecule has 0 aliphatic rings. The van der Waals surface area contributed by atoms with Gasteiger partial charge in [-0.05, 0) is 0 Å². The van der Waals surface area contributed by atoms with E-state index in [9.17, 15) is 4.79 Å². The molecule has 6 heavy (non-hydrogen) atoms. The molecule has 0 rings (SSSR count). The first-order chi connectivity index (χ1) is 2.27. The Morgan fingerprint density at radius 1 is 1.83 bits per heavy atom. The SMILES string of the molecule is Br.CC(=O)OO. The van der Waals surface area contributed by atoms with Crippen LogP contribution in [0.25, 0.3) is 0 Å². The highest BCUT2D eigenvalue weighted by Gasteiger charge is 1.79. The summed E-state index contributed by atoms with van der Waals surface area (Å²) in [6.45, 7) is 1.11. The van der Waals surface area contributed by atoms with Crippen molar-refractivity contribution in [1.29, 1.82) is 0 Å². The van der Waals surface area contributed by atoms with E-state index in [4.69, 9.17) is 5.26 Å². The number of halogens is 1. The van der Waals surface area contributed by atoms with Crippen LogP contribution in [0.3, 0.4) is 0 Å². The molecule has 0 aliphatic carbocycles. The van der Waals surface area contributed by atoms with Crippen molar-refractivity contribution in [1.82, 2.24) is 0 Å². The Bertz CT molecular complexity index is 44.1. The summed E-state index contributed by atoms with van der Waals surface area (Å²) < 4.78 is 0. The van der Waals surface area contributed by atoms with E-state index in [0.717, 1.165) is 6.92 Å². The van der Waals surface area contributed by atoms with E-state index in [1.807, 2.05) is 0 Å². The van der Waals surface area contributed by atoms with E-state index in [-0.39, 0.29) is 17.0 Å². The fraction of sp³-hybridized carbons (Fsp3) is 0.500. The van der Waals surface area contributed by atoms with Gasteiger partial charge in [0, 0.05) is 6.92 Å². The molecular weight excluding hydrogens is 152 g/mol. The Morgan fingerprint density at radius 2 is 2.00 bits per heavy atom. The van der Waals surface area contributed by atoms with E-state index in [2.05, 4.69) is 4.89 Å². The summed E-state index contributed by atoms with van der Waals surface area (Å²) in [5.74, 6) is -0.690. The molecular formula is C2H5BrO3. The largest absolute Gasteiger partial charge is 0.339 e. The van der Waals surface area contributed by atoms with Crippen molar-refractivity contribution in [3.05, 3.63) is 0 Å². The number of carbonyl (C=O) groups is 1. The second-order valence-electron chi connectivity index (χ2n) is 0.583. The second-order valence-corrected chi connectivity index (χ2v) is 0.583. The molecule has 0 radical (unpaired) electrons. The maximum Gasteiger partial charge on any atom is 0.339 e. The van der Waals surface area contributed by atoms with Crippen LogP contribution in [0, 0.1) is 0 Å². The highest BCUT2D eigenvalue weighted by Crippen LogP contribution is 1.59. The van der Waals surface area contributed by atoms with Gasteiger partial charge in [0.25, 0.3) is 0 Å². The van der Waals surface area contributed by atoms with Gasteiger partial charge in [-0.2, -0.15) is 5.26 Å². The normalized spacial score (nSPS) is 5.67. The highest BCUT2D eigenvalue weighted by molar-refractivity contribution is 8.93. The summed E-state index contributed by atoms with van der Waals surface area (Å²) in [7, 11) is 0. The average Bonchev–Trinajstić information content (AvgIpc) is 1.38. The molecule has 0 amide bonds. The van der Waals surface area contributed by atoms with Gasteiger partial charge < -0.3 is 4.89 Å². The van der Waals surface area contributed by atoms with Crippen molar-refractivity contribution in [3.8, 4) is 0 Å². The van der Waals surface area contributed by atoms with Crippen molar-refractivity contribution in [2.24, 2.45) is 0 Å². The zero-order valence-corrected chi connectivity index (χ0v) is 4.89. The third kappa shape index (κ3) is 9.08. The summed E-state index contributed by atoms with van der Waals surface area (Å²) in [5, 5.41) is 7.29. The lowest BCUT2D eigenvalue weighted by atomic mass is 10.9. The van der Waals surface area contributed by atoms with Crippen molar-refractivity contribution in [2.75, 3.05) is 0 Å². The first-order valence-corrected chi connectivity index (χ1v) is 1.09.